The highest BCUT2D eigenvalue weighted by atomic mass is 127. The zero-order valence-electron chi connectivity index (χ0n) is 20.5. The molecule has 2 atom stereocenters. The number of amides is 1. The van der Waals surface area contributed by atoms with Crippen molar-refractivity contribution in [2.24, 2.45) is 12.0 Å². The van der Waals surface area contributed by atoms with Crippen molar-refractivity contribution >= 4 is 35.8 Å². The number of benzene rings is 1. The molecule has 0 aliphatic carbocycles. The summed E-state index contributed by atoms with van der Waals surface area (Å²) in [5, 5.41) is 11.2. The Hall–Kier alpha value is -2.14. The number of nitrogens with one attached hydrogen (secondary N) is 2. The Morgan fingerprint density at radius 2 is 1.79 bits per heavy atom. The second-order valence-electron chi connectivity index (χ2n) is 8.49. The lowest BCUT2D eigenvalue weighted by Gasteiger charge is -2.35. The maximum atomic E-state index is 12.8. The lowest BCUT2D eigenvalue weighted by atomic mass is 10.1. The third kappa shape index (κ3) is 7.17. The first kappa shape index (κ1) is 27.1. The first-order valence-corrected chi connectivity index (χ1v) is 11.3. The van der Waals surface area contributed by atoms with E-state index in [9.17, 15) is 4.79 Å². The SMILES string of the molecule is CCNC(=NCc1ccc(C(=O)N2CC(C)OC(C)C2)cc1)NCc1c(C)nn(C)c1C.I. The number of guanidine groups is 1. The summed E-state index contributed by atoms with van der Waals surface area (Å²) >= 11 is 0. The fraction of sp³-hybridized carbons (Fsp3) is 0.542. The molecule has 8 nitrogen and oxygen atoms in total. The largest absolute Gasteiger partial charge is 0.372 e. The molecule has 1 aromatic heterocycles. The van der Waals surface area contributed by atoms with Crippen LogP contribution in [0.2, 0.25) is 0 Å². The van der Waals surface area contributed by atoms with Gasteiger partial charge < -0.3 is 20.3 Å². The number of rotatable bonds is 6. The quantitative estimate of drug-likeness (QED) is 0.318. The molecule has 1 aliphatic rings. The third-order valence-electron chi connectivity index (χ3n) is 5.76. The maximum absolute atomic E-state index is 12.8. The zero-order chi connectivity index (χ0) is 23.3. The number of ether oxygens (including phenoxy) is 1. The minimum Gasteiger partial charge on any atom is -0.372 e. The van der Waals surface area contributed by atoms with Gasteiger partial charge in [0.2, 0.25) is 0 Å². The number of aryl methyl sites for hydroxylation is 2. The normalized spacial score (nSPS) is 18.6. The number of morpholine rings is 1. The van der Waals surface area contributed by atoms with Crippen molar-refractivity contribution in [3.8, 4) is 0 Å². The number of hydrogen-bond acceptors (Lipinski definition) is 4. The standard InChI is InChI=1S/C24H36N6O2.HI/c1-7-25-24(27-13-22-18(4)28-29(6)19(22)5)26-12-20-8-10-21(11-9-20)23(31)30-14-16(2)32-17(3)15-30;/h8-11,16-17H,7,12-15H2,1-6H3,(H2,25,26,27);1H. The van der Waals surface area contributed by atoms with Crippen LogP contribution < -0.4 is 10.6 Å². The van der Waals surface area contributed by atoms with Gasteiger partial charge >= 0.3 is 0 Å². The van der Waals surface area contributed by atoms with Crippen LogP contribution in [-0.2, 0) is 24.9 Å². The maximum Gasteiger partial charge on any atom is 0.254 e. The van der Waals surface area contributed by atoms with Crippen LogP contribution >= 0.6 is 24.0 Å². The first-order valence-electron chi connectivity index (χ1n) is 11.3. The fourth-order valence-corrected chi connectivity index (χ4v) is 4.04. The van der Waals surface area contributed by atoms with Gasteiger partial charge in [0.25, 0.3) is 5.91 Å². The van der Waals surface area contributed by atoms with Gasteiger partial charge in [0.1, 0.15) is 0 Å². The summed E-state index contributed by atoms with van der Waals surface area (Å²) in [5.41, 5.74) is 5.11. The summed E-state index contributed by atoms with van der Waals surface area (Å²) in [6.45, 7) is 13.4. The predicted molar refractivity (Wildman–Crippen MR) is 142 cm³/mol. The van der Waals surface area contributed by atoms with Crippen molar-refractivity contribution in [3.63, 3.8) is 0 Å². The fourth-order valence-electron chi connectivity index (χ4n) is 4.04. The van der Waals surface area contributed by atoms with Crippen molar-refractivity contribution in [3.05, 3.63) is 52.3 Å². The van der Waals surface area contributed by atoms with E-state index in [4.69, 9.17) is 9.73 Å². The van der Waals surface area contributed by atoms with Crippen LogP contribution in [0.3, 0.4) is 0 Å². The number of carbonyl (C=O) groups is 1. The summed E-state index contributed by atoms with van der Waals surface area (Å²) in [6, 6.07) is 7.73. The number of hydrogen-bond donors (Lipinski definition) is 2. The highest BCUT2D eigenvalue weighted by molar-refractivity contribution is 14.0. The Labute approximate surface area is 214 Å². The number of aromatic nitrogens is 2. The Bertz CT molecular complexity index is 947. The van der Waals surface area contributed by atoms with E-state index in [-0.39, 0.29) is 42.1 Å². The van der Waals surface area contributed by atoms with Crippen LogP contribution in [0.4, 0.5) is 0 Å². The molecule has 2 unspecified atom stereocenters. The Morgan fingerprint density at radius 1 is 1.15 bits per heavy atom. The highest BCUT2D eigenvalue weighted by Crippen LogP contribution is 2.15. The number of nitrogens with zero attached hydrogens (tertiary/aromatic N) is 4. The Kier molecular flexibility index (Phi) is 10.2. The van der Waals surface area contributed by atoms with Crippen molar-refractivity contribution < 1.29 is 9.53 Å². The van der Waals surface area contributed by atoms with E-state index in [2.05, 4.69) is 22.7 Å². The lowest BCUT2D eigenvalue weighted by molar-refractivity contribution is -0.0586. The van der Waals surface area contributed by atoms with Crippen LogP contribution in [-0.4, -0.2) is 58.4 Å². The molecule has 0 saturated carbocycles. The molecular weight excluding hydrogens is 531 g/mol. The molecule has 182 valence electrons. The van der Waals surface area contributed by atoms with Crippen molar-refractivity contribution in [2.45, 2.75) is 59.9 Å². The topological polar surface area (TPSA) is 83.8 Å². The van der Waals surface area contributed by atoms with Gasteiger partial charge in [0, 0.05) is 50.0 Å². The summed E-state index contributed by atoms with van der Waals surface area (Å²) in [6.07, 6.45) is 0.125. The van der Waals surface area contributed by atoms with Crippen LogP contribution in [0.15, 0.2) is 29.3 Å². The van der Waals surface area contributed by atoms with Gasteiger partial charge in [-0.15, -0.1) is 24.0 Å². The molecular formula is C24H37IN6O2. The van der Waals surface area contributed by atoms with E-state index in [1.807, 2.05) is 68.6 Å². The molecule has 1 aliphatic heterocycles. The number of halogens is 1. The minimum absolute atomic E-state index is 0. The highest BCUT2D eigenvalue weighted by Gasteiger charge is 2.26. The number of carbonyl (C=O) groups excluding carboxylic acids is 1. The van der Waals surface area contributed by atoms with E-state index in [1.165, 1.54) is 5.56 Å². The first-order chi connectivity index (χ1) is 15.3. The summed E-state index contributed by atoms with van der Waals surface area (Å²) in [4.78, 5) is 19.4. The van der Waals surface area contributed by atoms with Crippen LogP contribution in [0, 0.1) is 13.8 Å². The van der Waals surface area contributed by atoms with Gasteiger partial charge in [0.15, 0.2) is 5.96 Å². The molecule has 1 saturated heterocycles. The second-order valence-corrected chi connectivity index (χ2v) is 8.49. The van der Waals surface area contributed by atoms with Crippen molar-refractivity contribution in [1.29, 1.82) is 0 Å². The van der Waals surface area contributed by atoms with Crippen LogP contribution in [0.5, 0.6) is 0 Å². The molecule has 3 rings (SSSR count). The van der Waals surface area contributed by atoms with Gasteiger partial charge in [-0.25, -0.2) is 4.99 Å². The van der Waals surface area contributed by atoms with Crippen LogP contribution in [0.25, 0.3) is 0 Å². The molecule has 0 radical (unpaired) electrons. The van der Waals surface area contributed by atoms with Gasteiger partial charge in [-0.3, -0.25) is 9.48 Å². The van der Waals surface area contributed by atoms with E-state index in [1.54, 1.807) is 0 Å². The monoisotopic (exact) mass is 568 g/mol. The van der Waals surface area contributed by atoms with Gasteiger partial charge in [-0.1, -0.05) is 12.1 Å². The molecule has 2 aromatic rings. The van der Waals surface area contributed by atoms with Crippen molar-refractivity contribution in [2.75, 3.05) is 19.6 Å². The smallest absolute Gasteiger partial charge is 0.254 e. The Morgan fingerprint density at radius 3 is 2.33 bits per heavy atom. The summed E-state index contributed by atoms with van der Waals surface area (Å²) < 4.78 is 7.63. The molecule has 2 heterocycles. The third-order valence-corrected chi connectivity index (χ3v) is 5.76. The molecule has 33 heavy (non-hydrogen) atoms. The summed E-state index contributed by atoms with van der Waals surface area (Å²) in [5.74, 6) is 0.811. The van der Waals surface area contributed by atoms with E-state index in [0.29, 0.717) is 31.7 Å². The van der Waals surface area contributed by atoms with Gasteiger partial charge in [0.05, 0.1) is 24.4 Å². The molecule has 0 bridgehead atoms. The molecule has 1 aromatic carbocycles. The molecule has 1 amide bonds. The number of aliphatic imine (C=N–C) groups is 1. The zero-order valence-corrected chi connectivity index (χ0v) is 22.8. The van der Waals surface area contributed by atoms with E-state index in [0.717, 1.165) is 29.5 Å². The average Bonchev–Trinajstić information content (AvgIpc) is 3.00. The predicted octanol–water partition coefficient (Wildman–Crippen LogP) is 3.16. The van der Waals surface area contributed by atoms with Gasteiger partial charge in [-0.05, 0) is 52.3 Å². The van der Waals surface area contributed by atoms with Gasteiger partial charge in [-0.2, -0.15) is 5.10 Å². The minimum atomic E-state index is 0. The van der Waals surface area contributed by atoms with E-state index >= 15 is 0 Å². The molecule has 9 heteroatoms. The molecule has 2 N–H and O–H groups in total. The van der Waals surface area contributed by atoms with Crippen LogP contribution in [0.1, 0.15) is 53.6 Å². The van der Waals surface area contributed by atoms with Crippen molar-refractivity contribution in [1.82, 2.24) is 25.3 Å². The lowest BCUT2D eigenvalue weighted by Crippen LogP contribution is -2.48. The second kappa shape index (κ2) is 12.4. The Balaban J connectivity index is 0.00000385. The molecule has 0 spiro atoms. The summed E-state index contributed by atoms with van der Waals surface area (Å²) in [7, 11) is 1.96. The van der Waals surface area contributed by atoms with E-state index < -0.39 is 0 Å². The average molecular weight is 569 g/mol. The molecule has 1 fully saturated rings.